The third kappa shape index (κ3) is 4.64. The first-order valence-electron chi connectivity index (χ1n) is 8.74. The average molecular weight is 391 g/mol. The number of carbonyl (C=O) groups is 1. The largest absolute Gasteiger partial charge is 0.324 e. The number of benzene rings is 2. The molecule has 144 valence electrons. The van der Waals surface area contributed by atoms with Gasteiger partial charge in [-0.1, -0.05) is 31.2 Å². The molecule has 1 saturated heterocycles. The van der Waals surface area contributed by atoms with Crippen LogP contribution in [0.15, 0.2) is 47.4 Å². The molecule has 2 aromatic carbocycles. The summed E-state index contributed by atoms with van der Waals surface area (Å²) in [7, 11) is -4.06. The van der Waals surface area contributed by atoms with Crippen molar-refractivity contribution < 1.29 is 17.6 Å². The van der Waals surface area contributed by atoms with Crippen LogP contribution >= 0.6 is 0 Å². The molecule has 6 nitrogen and oxygen atoms in total. The number of carbonyl (C=O) groups excluding carboxylic acids is 1. The predicted molar refractivity (Wildman–Crippen MR) is 102 cm³/mol. The number of amides is 2. The fourth-order valence-corrected chi connectivity index (χ4v) is 3.81. The molecule has 0 spiro atoms. The Morgan fingerprint density at radius 3 is 2.59 bits per heavy atom. The highest BCUT2D eigenvalue weighted by Gasteiger charge is 2.27. The summed E-state index contributed by atoms with van der Waals surface area (Å²) in [6.07, 6.45) is 1.82. The Kier molecular flexibility index (Phi) is 5.48. The Morgan fingerprint density at radius 2 is 1.96 bits per heavy atom. The van der Waals surface area contributed by atoms with Gasteiger partial charge in [0.05, 0.1) is 4.90 Å². The Labute approximate surface area is 158 Å². The fraction of sp³-hybridized carbons (Fsp3) is 0.316. The lowest BCUT2D eigenvalue weighted by molar-refractivity contribution is 0.222. The first kappa shape index (κ1) is 19.3. The molecule has 0 saturated carbocycles. The summed E-state index contributed by atoms with van der Waals surface area (Å²) in [6.45, 7) is 3.22. The maximum absolute atomic E-state index is 13.6. The van der Waals surface area contributed by atoms with Crippen LogP contribution < -0.4 is 10.5 Å². The van der Waals surface area contributed by atoms with Gasteiger partial charge in [0.15, 0.2) is 0 Å². The standard InChI is InChI=1S/C19H22FN3O3S/c1-2-13-3-5-14(6-4-13)15-7-8-23(12-15)19(24)22-17-9-16(20)10-18(11-17)27(21,25)26/h3-6,9-11,15H,2,7-8,12H2,1H3,(H,22,24)(H2,21,25,26). The van der Waals surface area contributed by atoms with E-state index < -0.39 is 21.9 Å². The quantitative estimate of drug-likeness (QED) is 0.839. The third-order valence-corrected chi connectivity index (χ3v) is 5.68. The van der Waals surface area contributed by atoms with E-state index in [4.69, 9.17) is 5.14 Å². The number of likely N-dealkylation sites (tertiary alicyclic amines) is 1. The lowest BCUT2D eigenvalue weighted by Crippen LogP contribution is -2.32. The van der Waals surface area contributed by atoms with Gasteiger partial charge in [0, 0.05) is 24.7 Å². The van der Waals surface area contributed by atoms with Gasteiger partial charge >= 0.3 is 6.03 Å². The lowest BCUT2D eigenvalue weighted by atomic mass is 9.97. The number of hydrogen-bond acceptors (Lipinski definition) is 3. The van der Waals surface area contributed by atoms with Crippen LogP contribution in [0.3, 0.4) is 0 Å². The second-order valence-electron chi connectivity index (χ2n) is 6.68. The number of nitrogens with two attached hydrogens (primary N) is 1. The molecule has 0 aromatic heterocycles. The van der Waals surface area contributed by atoms with E-state index in [1.54, 1.807) is 4.90 Å². The van der Waals surface area contributed by atoms with E-state index >= 15 is 0 Å². The molecule has 8 heteroatoms. The molecule has 0 radical (unpaired) electrons. The zero-order chi connectivity index (χ0) is 19.6. The van der Waals surface area contributed by atoms with E-state index in [0.717, 1.165) is 31.0 Å². The van der Waals surface area contributed by atoms with E-state index in [0.29, 0.717) is 13.1 Å². The number of halogens is 1. The molecule has 1 atom stereocenters. The van der Waals surface area contributed by atoms with Crippen molar-refractivity contribution in [3.8, 4) is 0 Å². The van der Waals surface area contributed by atoms with Crippen molar-refractivity contribution in [1.29, 1.82) is 0 Å². The van der Waals surface area contributed by atoms with Crippen molar-refractivity contribution >= 4 is 21.7 Å². The number of sulfonamides is 1. The van der Waals surface area contributed by atoms with Gasteiger partial charge in [-0.3, -0.25) is 0 Å². The van der Waals surface area contributed by atoms with E-state index in [1.807, 2.05) is 0 Å². The maximum atomic E-state index is 13.6. The van der Waals surface area contributed by atoms with Crippen LogP contribution in [0, 0.1) is 5.82 Å². The van der Waals surface area contributed by atoms with Gasteiger partial charge in [0.2, 0.25) is 10.0 Å². The van der Waals surface area contributed by atoms with E-state index in [-0.39, 0.29) is 16.5 Å². The molecule has 1 unspecified atom stereocenters. The van der Waals surface area contributed by atoms with E-state index in [1.165, 1.54) is 11.1 Å². The van der Waals surface area contributed by atoms with E-state index in [9.17, 15) is 17.6 Å². The number of urea groups is 1. The molecule has 2 aromatic rings. The summed E-state index contributed by atoms with van der Waals surface area (Å²) in [4.78, 5) is 13.7. The predicted octanol–water partition coefficient (Wildman–Crippen LogP) is 3.06. The van der Waals surface area contributed by atoms with Crippen LogP contribution in [0.4, 0.5) is 14.9 Å². The first-order chi connectivity index (χ1) is 12.8. The highest BCUT2D eigenvalue weighted by molar-refractivity contribution is 7.89. The molecule has 1 aliphatic rings. The van der Waals surface area contributed by atoms with Crippen molar-refractivity contribution in [3.05, 3.63) is 59.4 Å². The minimum absolute atomic E-state index is 0.0553. The normalized spacial score (nSPS) is 17.1. The van der Waals surface area contributed by atoms with Crippen molar-refractivity contribution in [1.82, 2.24) is 4.90 Å². The zero-order valence-corrected chi connectivity index (χ0v) is 15.8. The number of aryl methyl sites for hydroxylation is 1. The molecular weight excluding hydrogens is 369 g/mol. The Balaban J connectivity index is 1.68. The SMILES string of the molecule is CCc1ccc(C2CCN(C(=O)Nc3cc(F)cc(S(N)(=O)=O)c3)C2)cc1. The van der Waals surface area contributed by atoms with Crippen LogP contribution in [0.5, 0.6) is 0 Å². The topological polar surface area (TPSA) is 92.5 Å². The fourth-order valence-electron chi connectivity index (χ4n) is 3.24. The molecule has 0 aliphatic carbocycles. The molecule has 3 N–H and O–H groups in total. The van der Waals surface area contributed by atoms with Gasteiger partial charge < -0.3 is 10.2 Å². The average Bonchev–Trinajstić information content (AvgIpc) is 3.11. The highest BCUT2D eigenvalue weighted by Crippen LogP contribution is 2.28. The van der Waals surface area contributed by atoms with Crippen molar-refractivity contribution in [3.63, 3.8) is 0 Å². The van der Waals surface area contributed by atoms with Crippen LogP contribution in [0.1, 0.15) is 30.4 Å². The Bertz CT molecular complexity index is 945. The van der Waals surface area contributed by atoms with Crippen LogP contribution in [-0.4, -0.2) is 32.4 Å². The molecule has 2 amide bonds. The van der Waals surface area contributed by atoms with Gasteiger partial charge in [-0.05, 0) is 42.2 Å². The minimum atomic E-state index is -4.06. The van der Waals surface area contributed by atoms with Gasteiger partial charge in [0.1, 0.15) is 5.82 Å². The number of primary sulfonamides is 1. The van der Waals surface area contributed by atoms with Crippen molar-refractivity contribution in [2.24, 2.45) is 5.14 Å². The summed E-state index contributed by atoms with van der Waals surface area (Å²) >= 11 is 0. The molecule has 1 aliphatic heterocycles. The second-order valence-corrected chi connectivity index (χ2v) is 8.24. The Hall–Kier alpha value is -2.45. The van der Waals surface area contributed by atoms with Crippen molar-refractivity contribution in [2.75, 3.05) is 18.4 Å². The van der Waals surface area contributed by atoms with Gasteiger partial charge in [0.25, 0.3) is 0 Å². The van der Waals surface area contributed by atoms with Gasteiger partial charge in [-0.25, -0.2) is 22.7 Å². The smallest absolute Gasteiger partial charge is 0.321 e. The summed E-state index contributed by atoms with van der Waals surface area (Å²) in [5, 5.41) is 7.59. The number of anilines is 1. The molecular formula is C19H22FN3O3S. The first-order valence-corrected chi connectivity index (χ1v) is 10.3. The minimum Gasteiger partial charge on any atom is -0.324 e. The summed E-state index contributed by atoms with van der Waals surface area (Å²) in [5.41, 5.74) is 2.51. The van der Waals surface area contributed by atoms with Gasteiger partial charge in [-0.2, -0.15) is 0 Å². The van der Waals surface area contributed by atoms with Crippen LogP contribution in [0.2, 0.25) is 0 Å². The maximum Gasteiger partial charge on any atom is 0.321 e. The van der Waals surface area contributed by atoms with E-state index in [2.05, 4.69) is 36.5 Å². The number of rotatable bonds is 4. The third-order valence-electron chi connectivity index (χ3n) is 4.79. The number of hydrogen-bond donors (Lipinski definition) is 2. The summed E-state index contributed by atoms with van der Waals surface area (Å²) in [5.74, 6) is -0.540. The Morgan fingerprint density at radius 1 is 1.26 bits per heavy atom. The van der Waals surface area contributed by atoms with Crippen LogP contribution in [-0.2, 0) is 16.4 Å². The molecule has 3 rings (SSSR count). The monoisotopic (exact) mass is 391 g/mol. The summed E-state index contributed by atoms with van der Waals surface area (Å²) < 4.78 is 36.5. The van der Waals surface area contributed by atoms with Crippen molar-refractivity contribution in [2.45, 2.75) is 30.6 Å². The number of nitrogens with one attached hydrogen (secondary N) is 1. The highest BCUT2D eigenvalue weighted by atomic mass is 32.2. The van der Waals surface area contributed by atoms with Gasteiger partial charge in [-0.15, -0.1) is 0 Å². The summed E-state index contributed by atoms with van der Waals surface area (Å²) in [6, 6.07) is 11.0. The lowest BCUT2D eigenvalue weighted by Gasteiger charge is -2.18. The van der Waals surface area contributed by atoms with Crippen LogP contribution in [0.25, 0.3) is 0 Å². The molecule has 0 bridgehead atoms. The molecule has 1 heterocycles. The number of nitrogens with zero attached hydrogens (tertiary/aromatic N) is 1. The molecule has 27 heavy (non-hydrogen) atoms. The second kappa shape index (κ2) is 7.66. The molecule has 1 fully saturated rings. The zero-order valence-electron chi connectivity index (χ0n) is 15.0.